The van der Waals surface area contributed by atoms with Gasteiger partial charge in [-0.15, -0.1) is 0 Å². The number of benzene rings is 2. The summed E-state index contributed by atoms with van der Waals surface area (Å²) in [5, 5.41) is 7.08. The Morgan fingerprint density at radius 2 is 1.47 bits per heavy atom. The standard InChI is InChI=1S/C28H44N2/c1-20-11-10-12-23(15-20)25(29-8)19-28(6,7)17-22-13-14-24(21(2)16-22)26(30-9)18-27(3,4)5/h10-16,25-26,29-30H,17-19H2,1-9H3. The van der Waals surface area contributed by atoms with Gasteiger partial charge in [-0.25, -0.2) is 0 Å². The van der Waals surface area contributed by atoms with Crippen LogP contribution in [-0.2, 0) is 6.42 Å². The molecule has 0 aromatic heterocycles. The van der Waals surface area contributed by atoms with E-state index in [2.05, 4.69) is 116 Å². The summed E-state index contributed by atoms with van der Waals surface area (Å²) in [7, 11) is 4.16. The third kappa shape index (κ3) is 7.25. The van der Waals surface area contributed by atoms with E-state index in [1.54, 1.807) is 0 Å². The zero-order valence-electron chi connectivity index (χ0n) is 20.8. The Morgan fingerprint density at radius 3 is 2.00 bits per heavy atom. The lowest BCUT2D eigenvalue weighted by atomic mass is 9.78. The highest BCUT2D eigenvalue weighted by molar-refractivity contribution is 5.34. The van der Waals surface area contributed by atoms with E-state index in [1.165, 1.54) is 27.8 Å². The summed E-state index contributed by atoms with van der Waals surface area (Å²) in [6, 6.07) is 16.8. The molecule has 0 spiro atoms. The van der Waals surface area contributed by atoms with Crippen LogP contribution >= 0.6 is 0 Å². The maximum Gasteiger partial charge on any atom is 0.0325 e. The minimum Gasteiger partial charge on any atom is -0.313 e. The van der Waals surface area contributed by atoms with Crippen molar-refractivity contribution < 1.29 is 0 Å². The molecule has 2 aromatic rings. The number of aryl methyl sites for hydroxylation is 2. The van der Waals surface area contributed by atoms with Gasteiger partial charge in [0.05, 0.1) is 0 Å². The Labute approximate surface area is 185 Å². The van der Waals surface area contributed by atoms with Crippen molar-refractivity contribution >= 4 is 0 Å². The molecule has 0 radical (unpaired) electrons. The van der Waals surface area contributed by atoms with E-state index < -0.39 is 0 Å². The maximum atomic E-state index is 3.54. The van der Waals surface area contributed by atoms with Crippen LogP contribution in [0.1, 0.15) is 87.4 Å². The summed E-state index contributed by atoms with van der Waals surface area (Å²) in [5.41, 5.74) is 7.49. The van der Waals surface area contributed by atoms with Gasteiger partial charge in [0, 0.05) is 12.1 Å². The molecule has 30 heavy (non-hydrogen) atoms. The summed E-state index contributed by atoms with van der Waals surface area (Å²) in [5.74, 6) is 0. The van der Waals surface area contributed by atoms with Gasteiger partial charge in [-0.05, 0) is 80.3 Å². The van der Waals surface area contributed by atoms with Gasteiger partial charge in [0.25, 0.3) is 0 Å². The Bertz CT molecular complexity index is 814. The molecule has 166 valence electrons. The van der Waals surface area contributed by atoms with Crippen LogP contribution in [0, 0.1) is 24.7 Å². The van der Waals surface area contributed by atoms with Crippen molar-refractivity contribution in [2.75, 3.05) is 14.1 Å². The predicted molar refractivity (Wildman–Crippen MR) is 132 cm³/mol. The molecule has 2 N–H and O–H groups in total. The molecule has 2 unspecified atom stereocenters. The molecule has 0 aliphatic carbocycles. The monoisotopic (exact) mass is 408 g/mol. The molecule has 0 bridgehead atoms. The van der Waals surface area contributed by atoms with Crippen LogP contribution in [-0.4, -0.2) is 14.1 Å². The van der Waals surface area contributed by atoms with E-state index in [1.807, 2.05) is 0 Å². The predicted octanol–water partition coefficient (Wildman–Crippen LogP) is 6.92. The van der Waals surface area contributed by atoms with E-state index in [0.29, 0.717) is 17.5 Å². The van der Waals surface area contributed by atoms with E-state index in [4.69, 9.17) is 0 Å². The highest BCUT2D eigenvalue weighted by Gasteiger charge is 2.25. The van der Waals surface area contributed by atoms with Crippen LogP contribution in [0.2, 0.25) is 0 Å². The molecule has 2 heteroatoms. The topological polar surface area (TPSA) is 24.1 Å². The molecule has 0 heterocycles. The van der Waals surface area contributed by atoms with Crippen LogP contribution in [0.3, 0.4) is 0 Å². The van der Waals surface area contributed by atoms with Gasteiger partial charge >= 0.3 is 0 Å². The molecule has 0 saturated heterocycles. The van der Waals surface area contributed by atoms with Gasteiger partial charge in [-0.1, -0.05) is 82.6 Å². The molecule has 0 aliphatic heterocycles. The van der Waals surface area contributed by atoms with Crippen LogP contribution in [0.25, 0.3) is 0 Å². The van der Waals surface area contributed by atoms with Gasteiger partial charge in [0.1, 0.15) is 0 Å². The van der Waals surface area contributed by atoms with Gasteiger partial charge in [-0.2, -0.15) is 0 Å². The fourth-order valence-corrected chi connectivity index (χ4v) is 4.67. The molecule has 0 saturated carbocycles. The van der Waals surface area contributed by atoms with Crippen LogP contribution in [0.5, 0.6) is 0 Å². The average molecular weight is 409 g/mol. The lowest BCUT2D eigenvalue weighted by Gasteiger charge is -2.31. The van der Waals surface area contributed by atoms with E-state index in [0.717, 1.165) is 19.3 Å². The first-order chi connectivity index (χ1) is 13.9. The van der Waals surface area contributed by atoms with Gasteiger partial charge < -0.3 is 10.6 Å². The fraction of sp³-hybridized carbons (Fsp3) is 0.571. The van der Waals surface area contributed by atoms with Crippen molar-refractivity contribution in [3.05, 3.63) is 70.3 Å². The number of rotatable bonds is 9. The first-order valence-corrected chi connectivity index (χ1v) is 11.4. The van der Waals surface area contributed by atoms with Crippen molar-refractivity contribution in [2.45, 2.75) is 79.8 Å². The molecular weight excluding hydrogens is 364 g/mol. The Morgan fingerprint density at radius 1 is 0.800 bits per heavy atom. The Balaban J connectivity index is 2.15. The maximum absolute atomic E-state index is 3.54. The second-order valence-corrected chi connectivity index (χ2v) is 11.1. The lowest BCUT2D eigenvalue weighted by molar-refractivity contribution is 0.286. The van der Waals surface area contributed by atoms with Gasteiger partial charge in [-0.3, -0.25) is 0 Å². The van der Waals surface area contributed by atoms with Crippen molar-refractivity contribution in [2.24, 2.45) is 10.8 Å². The molecule has 0 fully saturated rings. The van der Waals surface area contributed by atoms with E-state index in [-0.39, 0.29) is 5.41 Å². The quantitative estimate of drug-likeness (QED) is 0.470. The number of hydrogen-bond acceptors (Lipinski definition) is 2. The summed E-state index contributed by atoms with van der Waals surface area (Å²) >= 11 is 0. The van der Waals surface area contributed by atoms with Crippen molar-refractivity contribution in [3.8, 4) is 0 Å². The SMILES string of the molecule is CNC(CC(C)(C)Cc1ccc(C(CC(C)(C)C)NC)c(C)c1)c1cccc(C)c1. The van der Waals surface area contributed by atoms with E-state index >= 15 is 0 Å². The molecule has 2 aromatic carbocycles. The molecule has 2 rings (SSSR count). The largest absolute Gasteiger partial charge is 0.313 e. The second-order valence-electron chi connectivity index (χ2n) is 11.1. The summed E-state index contributed by atoms with van der Waals surface area (Å²) in [6.45, 7) is 16.2. The van der Waals surface area contributed by atoms with Crippen LogP contribution in [0.15, 0.2) is 42.5 Å². The fourth-order valence-electron chi connectivity index (χ4n) is 4.67. The zero-order valence-corrected chi connectivity index (χ0v) is 20.8. The highest BCUT2D eigenvalue weighted by atomic mass is 14.9. The van der Waals surface area contributed by atoms with Gasteiger partial charge in [0.15, 0.2) is 0 Å². The minimum atomic E-state index is 0.208. The Hall–Kier alpha value is -1.64. The van der Waals surface area contributed by atoms with E-state index in [9.17, 15) is 0 Å². The van der Waals surface area contributed by atoms with Crippen LogP contribution in [0.4, 0.5) is 0 Å². The molecule has 2 nitrogen and oxygen atoms in total. The lowest BCUT2D eigenvalue weighted by Crippen LogP contribution is -2.26. The van der Waals surface area contributed by atoms with Gasteiger partial charge in [0.2, 0.25) is 0 Å². The summed E-state index contributed by atoms with van der Waals surface area (Å²) in [6.07, 6.45) is 3.33. The minimum absolute atomic E-state index is 0.208. The number of hydrogen-bond donors (Lipinski definition) is 2. The zero-order chi connectivity index (χ0) is 22.5. The van der Waals surface area contributed by atoms with Crippen molar-refractivity contribution in [1.82, 2.24) is 10.6 Å². The number of nitrogens with one attached hydrogen (secondary N) is 2. The summed E-state index contributed by atoms with van der Waals surface area (Å²) in [4.78, 5) is 0. The normalized spacial score (nSPS) is 14.6. The molecule has 0 aliphatic rings. The third-order valence-corrected chi connectivity index (χ3v) is 6.11. The summed E-state index contributed by atoms with van der Waals surface area (Å²) < 4.78 is 0. The first kappa shape index (κ1) is 24.6. The molecule has 0 amide bonds. The Kier molecular flexibility index (Phi) is 8.30. The third-order valence-electron chi connectivity index (χ3n) is 6.11. The molecule has 2 atom stereocenters. The smallest absolute Gasteiger partial charge is 0.0325 e. The average Bonchev–Trinajstić information content (AvgIpc) is 2.63. The second kappa shape index (κ2) is 10.1. The van der Waals surface area contributed by atoms with Crippen LogP contribution < -0.4 is 10.6 Å². The van der Waals surface area contributed by atoms with Crippen molar-refractivity contribution in [3.63, 3.8) is 0 Å². The first-order valence-electron chi connectivity index (χ1n) is 11.4. The molecular formula is C28H44N2. The van der Waals surface area contributed by atoms with Crippen molar-refractivity contribution in [1.29, 1.82) is 0 Å². The highest BCUT2D eigenvalue weighted by Crippen LogP contribution is 2.35.